The van der Waals surface area contributed by atoms with E-state index in [-0.39, 0.29) is 19.0 Å². The van der Waals surface area contributed by atoms with Crippen LogP contribution in [-0.4, -0.2) is 37.6 Å². The minimum Gasteiger partial charge on any atom is -0.486 e. The number of aliphatic hydroxyl groups excluding tert-OH is 1. The first kappa shape index (κ1) is 13.8. The molecule has 1 aromatic rings. The third-order valence-electron chi connectivity index (χ3n) is 2.14. The number of methoxy groups -OCH3 is 1. The molecule has 0 aliphatic rings. The first-order chi connectivity index (χ1) is 8.06. The molecule has 2 atom stereocenters. The van der Waals surface area contributed by atoms with Crippen molar-refractivity contribution in [2.75, 3.05) is 20.3 Å². The lowest BCUT2D eigenvalue weighted by Crippen LogP contribution is -2.44. The zero-order valence-electron chi connectivity index (χ0n) is 9.40. The van der Waals surface area contributed by atoms with E-state index in [9.17, 15) is 8.78 Å². The molecule has 0 aliphatic carbocycles. The van der Waals surface area contributed by atoms with Crippen molar-refractivity contribution in [3.8, 4) is 5.75 Å². The molecule has 0 saturated heterocycles. The van der Waals surface area contributed by atoms with E-state index in [0.29, 0.717) is 0 Å². The van der Waals surface area contributed by atoms with Crippen molar-refractivity contribution in [3.63, 3.8) is 0 Å². The lowest BCUT2D eigenvalue weighted by molar-refractivity contribution is 0.0601. The zero-order valence-corrected chi connectivity index (χ0v) is 9.40. The Labute approximate surface area is 97.9 Å². The summed E-state index contributed by atoms with van der Waals surface area (Å²) in [6.45, 7) is -0.203. The van der Waals surface area contributed by atoms with E-state index < -0.39 is 23.8 Å². The predicted molar refractivity (Wildman–Crippen MR) is 57.7 cm³/mol. The lowest BCUT2D eigenvalue weighted by atomic mass is 10.2. The highest BCUT2D eigenvalue weighted by Gasteiger charge is 2.19. The van der Waals surface area contributed by atoms with Gasteiger partial charge in [0.25, 0.3) is 0 Å². The van der Waals surface area contributed by atoms with E-state index in [1.165, 1.54) is 7.11 Å². The van der Waals surface area contributed by atoms with Crippen molar-refractivity contribution in [3.05, 3.63) is 29.8 Å². The van der Waals surface area contributed by atoms with Gasteiger partial charge in [-0.1, -0.05) is 0 Å². The fourth-order valence-corrected chi connectivity index (χ4v) is 1.33. The van der Waals surface area contributed by atoms with Gasteiger partial charge >= 0.3 is 0 Å². The Bertz CT molecular complexity index is 342. The molecule has 2 unspecified atom stereocenters. The molecule has 0 bridgehead atoms. The van der Waals surface area contributed by atoms with Crippen molar-refractivity contribution in [2.45, 2.75) is 12.1 Å². The topological polar surface area (TPSA) is 64.7 Å². The second-order valence-electron chi connectivity index (χ2n) is 3.56. The Hall–Kier alpha value is -1.24. The number of ether oxygens (including phenoxy) is 2. The highest BCUT2D eigenvalue weighted by molar-refractivity contribution is 5.24. The average molecular weight is 247 g/mol. The SMILES string of the molecule is COCC(N)C(CO)Oc1cc(F)cc(F)c1. The second kappa shape index (κ2) is 6.48. The number of hydrogen-bond donors (Lipinski definition) is 2. The predicted octanol–water partition coefficient (Wildman–Crippen LogP) is 0.678. The molecule has 0 saturated carbocycles. The maximum Gasteiger partial charge on any atom is 0.139 e. The van der Waals surface area contributed by atoms with Gasteiger partial charge in [-0.25, -0.2) is 8.78 Å². The van der Waals surface area contributed by atoms with Crippen LogP contribution in [0.5, 0.6) is 5.75 Å². The molecule has 0 aliphatic heterocycles. The van der Waals surface area contributed by atoms with Gasteiger partial charge in [0, 0.05) is 25.3 Å². The van der Waals surface area contributed by atoms with Crippen LogP contribution >= 0.6 is 0 Å². The monoisotopic (exact) mass is 247 g/mol. The fourth-order valence-electron chi connectivity index (χ4n) is 1.33. The number of nitrogens with two attached hydrogens (primary N) is 1. The molecule has 3 N–H and O–H groups in total. The van der Waals surface area contributed by atoms with Gasteiger partial charge in [-0.2, -0.15) is 0 Å². The quantitative estimate of drug-likeness (QED) is 0.775. The van der Waals surface area contributed by atoms with Gasteiger partial charge in [-0.15, -0.1) is 0 Å². The summed E-state index contributed by atoms with van der Waals surface area (Å²) < 4.78 is 35.8. The van der Waals surface area contributed by atoms with Crippen LogP contribution in [0.25, 0.3) is 0 Å². The first-order valence-electron chi connectivity index (χ1n) is 5.05. The Morgan fingerprint density at radius 2 is 1.88 bits per heavy atom. The molecule has 1 aromatic carbocycles. The zero-order chi connectivity index (χ0) is 12.8. The van der Waals surface area contributed by atoms with Crippen LogP contribution in [0.1, 0.15) is 0 Å². The standard InChI is InChI=1S/C11H15F2NO3/c1-16-6-10(14)11(5-15)17-9-3-7(12)2-8(13)4-9/h2-4,10-11,15H,5-6,14H2,1H3. The van der Waals surface area contributed by atoms with Crippen LogP contribution in [0.2, 0.25) is 0 Å². The van der Waals surface area contributed by atoms with E-state index in [0.717, 1.165) is 18.2 Å². The number of rotatable bonds is 6. The summed E-state index contributed by atoms with van der Waals surface area (Å²) >= 11 is 0. The normalized spacial score (nSPS) is 14.4. The van der Waals surface area contributed by atoms with Gasteiger partial charge in [0.1, 0.15) is 23.5 Å². The van der Waals surface area contributed by atoms with Crippen LogP contribution in [0.3, 0.4) is 0 Å². The molecule has 0 aromatic heterocycles. The Morgan fingerprint density at radius 1 is 1.29 bits per heavy atom. The minimum atomic E-state index is -0.781. The minimum absolute atomic E-state index is 0.0203. The molecule has 0 heterocycles. The smallest absolute Gasteiger partial charge is 0.139 e. The van der Waals surface area contributed by atoms with E-state index in [1.807, 2.05) is 0 Å². The van der Waals surface area contributed by atoms with Gasteiger partial charge in [0.15, 0.2) is 0 Å². The number of aliphatic hydroxyl groups is 1. The Balaban J connectivity index is 2.73. The number of hydrogen-bond acceptors (Lipinski definition) is 4. The summed E-state index contributed by atoms with van der Waals surface area (Å²) in [5, 5.41) is 9.07. The van der Waals surface area contributed by atoms with E-state index in [1.54, 1.807) is 0 Å². The first-order valence-corrected chi connectivity index (χ1v) is 5.05. The summed E-state index contributed by atoms with van der Waals surface area (Å²) in [5.74, 6) is -1.53. The highest BCUT2D eigenvalue weighted by Crippen LogP contribution is 2.17. The fraction of sp³-hybridized carbons (Fsp3) is 0.455. The van der Waals surface area contributed by atoms with Gasteiger partial charge < -0.3 is 20.3 Å². The molecule has 6 heteroatoms. The van der Waals surface area contributed by atoms with Gasteiger partial charge in [-0.3, -0.25) is 0 Å². The molecule has 96 valence electrons. The highest BCUT2D eigenvalue weighted by atomic mass is 19.1. The number of benzene rings is 1. The van der Waals surface area contributed by atoms with E-state index >= 15 is 0 Å². The van der Waals surface area contributed by atoms with Crippen molar-refractivity contribution >= 4 is 0 Å². The largest absolute Gasteiger partial charge is 0.486 e. The Kier molecular flexibility index (Phi) is 5.27. The van der Waals surface area contributed by atoms with Crippen LogP contribution in [0.4, 0.5) is 8.78 Å². The van der Waals surface area contributed by atoms with Crippen LogP contribution in [0.15, 0.2) is 18.2 Å². The maximum atomic E-state index is 12.9. The lowest BCUT2D eigenvalue weighted by Gasteiger charge is -2.22. The molecule has 1 rings (SSSR count). The molecular weight excluding hydrogens is 232 g/mol. The van der Waals surface area contributed by atoms with Crippen molar-refractivity contribution in [2.24, 2.45) is 5.73 Å². The molecular formula is C11H15F2NO3. The maximum absolute atomic E-state index is 12.9. The summed E-state index contributed by atoms with van der Waals surface area (Å²) in [6, 6.07) is 2.18. The molecule has 17 heavy (non-hydrogen) atoms. The van der Waals surface area contributed by atoms with Crippen molar-refractivity contribution < 1.29 is 23.4 Å². The van der Waals surface area contributed by atoms with E-state index in [4.69, 9.17) is 20.3 Å². The van der Waals surface area contributed by atoms with Crippen molar-refractivity contribution in [1.82, 2.24) is 0 Å². The van der Waals surface area contributed by atoms with Crippen LogP contribution in [0, 0.1) is 11.6 Å². The average Bonchev–Trinajstić information content (AvgIpc) is 2.24. The molecule has 0 fully saturated rings. The van der Waals surface area contributed by atoms with Crippen LogP contribution < -0.4 is 10.5 Å². The van der Waals surface area contributed by atoms with Gasteiger partial charge in [-0.05, 0) is 0 Å². The second-order valence-corrected chi connectivity index (χ2v) is 3.56. The van der Waals surface area contributed by atoms with Gasteiger partial charge in [0.2, 0.25) is 0 Å². The molecule has 0 amide bonds. The summed E-state index contributed by atoms with van der Waals surface area (Å²) in [6.07, 6.45) is -0.781. The molecule has 0 spiro atoms. The third-order valence-corrected chi connectivity index (χ3v) is 2.14. The molecule has 0 radical (unpaired) electrons. The van der Waals surface area contributed by atoms with Gasteiger partial charge in [0.05, 0.1) is 19.3 Å². The Morgan fingerprint density at radius 3 is 2.35 bits per heavy atom. The summed E-state index contributed by atoms with van der Waals surface area (Å²) in [7, 11) is 1.45. The van der Waals surface area contributed by atoms with Crippen LogP contribution in [-0.2, 0) is 4.74 Å². The number of halogens is 2. The van der Waals surface area contributed by atoms with Crippen molar-refractivity contribution in [1.29, 1.82) is 0 Å². The molecule has 4 nitrogen and oxygen atoms in total. The van der Waals surface area contributed by atoms with E-state index in [2.05, 4.69) is 0 Å². The third kappa shape index (κ3) is 4.26. The summed E-state index contributed by atoms with van der Waals surface area (Å²) in [5.41, 5.74) is 5.67. The summed E-state index contributed by atoms with van der Waals surface area (Å²) in [4.78, 5) is 0.